The summed E-state index contributed by atoms with van der Waals surface area (Å²) in [6, 6.07) is 2.45. The Morgan fingerprint density at radius 1 is 0.962 bits per heavy atom. The van der Waals surface area contributed by atoms with Gasteiger partial charge in [-0.15, -0.1) is 0 Å². The number of amides is 1. The van der Waals surface area contributed by atoms with Gasteiger partial charge in [0.2, 0.25) is 11.3 Å². The van der Waals surface area contributed by atoms with Crippen LogP contribution in [0.15, 0.2) is 23.1 Å². The number of rotatable bonds is 19. The molecule has 6 rings (SSSR count). The highest BCUT2D eigenvalue weighted by Crippen LogP contribution is 2.42. The Labute approximate surface area is 465 Å². The van der Waals surface area contributed by atoms with Gasteiger partial charge in [-0.3, -0.25) is 14.4 Å². The average Bonchev–Trinajstić information content (AvgIpc) is 4.27. The van der Waals surface area contributed by atoms with Crippen LogP contribution in [0.4, 0.5) is 5.69 Å². The normalized spacial score (nSPS) is 37.1. The number of hydrogen-bond donors (Lipinski definition) is 8. The van der Waals surface area contributed by atoms with Gasteiger partial charge in [-0.2, -0.15) is 0 Å². The number of cyclic esters (lactones) is 1. The third-order valence-electron chi connectivity index (χ3n) is 16.9. The number of ether oxygens (including phenoxy) is 6. The fourth-order valence-corrected chi connectivity index (χ4v) is 12.3. The highest BCUT2D eigenvalue weighted by molar-refractivity contribution is 6.34. The minimum Gasteiger partial charge on any atom is -0.477 e. The number of hydrogen-bond acceptors (Lipinski definition) is 17. The molecule has 3 saturated heterocycles. The first kappa shape index (κ1) is 63.7. The number of aliphatic hydroxyl groups is 4. The number of pyridine rings is 1. The van der Waals surface area contributed by atoms with Gasteiger partial charge in [0, 0.05) is 61.7 Å². The Balaban J connectivity index is 1.34. The molecule has 21 heteroatoms. The van der Waals surface area contributed by atoms with E-state index < -0.39 is 114 Å². The van der Waals surface area contributed by atoms with Crippen LogP contribution in [0, 0.1) is 29.6 Å². The summed E-state index contributed by atoms with van der Waals surface area (Å²) in [5.74, 6) is -5.87. The van der Waals surface area contributed by atoms with E-state index in [1.54, 1.807) is 32.9 Å². The number of esters is 1. The van der Waals surface area contributed by atoms with Gasteiger partial charge in [0.05, 0.1) is 76.9 Å². The Kier molecular flexibility index (Phi) is 22.1. The van der Waals surface area contributed by atoms with Crippen molar-refractivity contribution in [3.05, 3.63) is 39.1 Å². The monoisotopic (exact) mass is 1120 g/mol. The van der Waals surface area contributed by atoms with Crippen LogP contribution >= 0.6 is 11.6 Å². The van der Waals surface area contributed by atoms with Gasteiger partial charge in [0.1, 0.15) is 23.4 Å². The van der Waals surface area contributed by atoms with E-state index in [4.69, 9.17) is 40.0 Å². The summed E-state index contributed by atoms with van der Waals surface area (Å²) in [6.07, 6.45) is -4.05. The van der Waals surface area contributed by atoms with Gasteiger partial charge >= 0.3 is 11.9 Å². The third-order valence-corrected chi connectivity index (χ3v) is 17.2. The number of aliphatic hydroxyl groups excluding tert-OH is 3. The Morgan fingerprint density at radius 2 is 1.65 bits per heavy atom. The molecule has 8 N–H and O–H groups in total. The van der Waals surface area contributed by atoms with Crippen molar-refractivity contribution in [3.63, 3.8) is 0 Å². The number of halogens is 1. The molecular formula is C57H92ClN5O15. The predicted molar refractivity (Wildman–Crippen MR) is 295 cm³/mol. The minimum atomic E-state index is -2.05. The number of fused-ring (bicyclic) bond motifs is 1. The maximum atomic E-state index is 14.7. The molecule has 1 aromatic heterocycles. The number of benzene rings is 1. The molecule has 0 radical (unpaired) electrons. The summed E-state index contributed by atoms with van der Waals surface area (Å²) in [5.41, 5.74) is -3.17. The minimum absolute atomic E-state index is 0.0760. The van der Waals surface area contributed by atoms with Crippen molar-refractivity contribution in [2.45, 2.75) is 218 Å². The first-order valence-electron chi connectivity index (χ1n) is 28.4. The Bertz CT molecular complexity index is 2400. The van der Waals surface area contributed by atoms with Gasteiger partial charge in [-0.25, -0.2) is 4.79 Å². The molecule has 0 bridgehead atoms. The van der Waals surface area contributed by atoms with Crippen molar-refractivity contribution in [1.82, 2.24) is 20.1 Å². The number of likely N-dealkylation sites (N-methyl/N-ethyl adjacent to an activating group) is 1. The highest BCUT2D eigenvalue weighted by atomic mass is 35.5. The van der Waals surface area contributed by atoms with Crippen molar-refractivity contribution in [3.8, 4) is 0 Å². The van der Waals surface area contributed by atoms with E-state index in [1.165, 1.54) is 20.0 Å². The van der Waals surface area contributed by atoms with E-state index in [2.05, 4.69) is 22.9 Å². The molecule has 442 valence electrons. The molecule has 0 spiro atoms. The first-order valence-corrected chi connectivity index (χ1v) is 28.8. The molecule has 3 aliphatic heterocycles. The largest absolute Gasteiger partial charge is 0.477 e. The van der Waals surface area contributed by atoms with E-state index in [0.29, 0.717) is 48.7 Å². The molecule has 19 unspecified atom stereocenters. The standard InChI is InChI=1S/C57H92ClN5O15/c1-14-16-36(26-59-19-20-60-41-23-38-42(24-40(41)58)63(37-17-18-37)27-39(47(38)65)53(69)70)28-73-56(10)25-30(4)61-52(68)34(8)50(67)57(11,72)44(15-2)76-54(71)33(7)49(77-45-21-29(3)46(64)35(9)75-45)32(6)51(56)78-55-48(66)43(62(12)13)22-31(5)74-55/h23-24,27,29-37,43-46,48-51,55,59-60,64,66-67,72H,14-22,25-26,28H2,1-13H3,(H,61,68)(H,69,70). The molecule has 4 fully saturated rings. The fourth-order valence-electron chi connectivity index (χ4n) is 12.0. The van der Waals surface area contributed by atoms with Crippen LogP contribution in [0.5, 0.6) is 0 Å². The summed E-state index contributed by atoms with van der Waals surface area (Å²) < 4.78 is 42.0. The number of nitrogens with one attached hydrogen (secondary N) is 3. The van der Waals surface area contributed by atoms with Crippen LogP contribution < -0.4 is 21.4 Å². The molecule has 2 aromatic rings. The zero-order chi connectivity index (χ0) is 57.7. The molecule has 4 aliphatic rings. The average molecular weight is 1120 g/mol. The second-order valence-corrected chi connectivity index (χ2v) is 24.2. The quantitative estimate of drug-likeness (QED) is 0.0641. The zero-order valence-corrected chi connectivity index (χ0v) is 49.0. The zero-order valence-electron chi connectivity index (χ0n) is 48.2. The maximum Gasteiger partial charge on any atom is 0.341 e. The van der Waals surface area contributed by atoms with Crippen LogP contribution in [0.2, 0.25) is 5.02 Å². The molecular weight excluding hydrogens is 1030 g/mol. The molecule has 1 aromatic carbocycles. The molecule has 78 heavy (non-hydrogen) atoms. The Morgan fingerprint density at radius 3 is 2.27 bits per heavy atom. The van der Waals surface area contributed by atoms with E-state index in [0.717, 1.165) is 25.7 Å². The number of carbonyl (C=O) groups excluding carboxylic acids is 2. The molecule has 1 aliphatic carbocycles. The summed E-state index contributed by atoms with van der Waals surface area (Å²) in [7, 11) is 3.77. The maximum absolute atomic E-state index is 14.7. The van der Waals surface area contributed by atoms with Gasteiger partial charge in [0.25, 0.3) is 0 Å². The topological polar surface area (TPSA) is 269 Å². The Hall–Kier alpha value is -3.51. The molecule has 20 nitrogen and oxygen atoms in total. The molecule has 1 saturated carbocycles. The number of carboxylic acids is 1. The van der Waals surface area contributed by atoms with E-state index in [1.807, 2.05) is 58.2 Å². The first-order chi connectivity index (χ1) is 36.6. The number of carboxylic acid groups (broad SMARTS) is 1. The number of aromatic carboxylic acids is 1. The van der Waals surface area contributed by atoms with Crippen molar-refractivity contribution in [1.29, 1.82) is 0 Å². The van der Waals surface area contributed by atoms with Crippen molar-refractivity contribution >= 4 is 46.0 Å². The molecule has 19 atom stereocenters. The lowest BCUT2D eigenvalue weighted by Crippen LogP contribution is -2.61. The van der Waals surface area contributed by atoms with Crippen LogP contribution in [-0.2, 0) is 38.0 Å². The summed E-state index contributed by atoms with van der Waals surface area (Å²) >= 11 is 6.78. The van der Waals surface area contributed by atoms with Crippen molar-refractivity contribution < 1.29 is 68.3 Å². The highest BCUT2D eigenvalue weighted by Gasteiger charge is 2.53. The lowest BCUT2D eigenvalue weighted by Gasteiger charge is -2.49. The third kappa shape index (κ3) is 14.9. The van der Waals surface area contributed by atoms with Gasteiger partial charge < -0.3 is 79.4 Å². The van der Waals surface area contributed by atoms with Crippen LogP contribution in [0.1, 0.15) is 144 Å². The second kappa shape index (κ2) is 27.0. The van der Waals surface area contributed by atoms with Crippen molar-refractivity contribution in [2.75, 3.05) is 45.7 Å². The van der Waals surface area contributed by atoms with Crippen molar-refractivity contribution in [2.24, 2.45) is 29.6 Å². The summed E-state index contributed by atoms with van der Waals surface area (Å²) in [6.45, 7) is 21.1. The second-order valence-electron chi connectivity index (χ2n) is 23.8. The number of carbonyl (C=O) groups is 3. The number of nitrogens with zero attached hydrogens (tertiary/aromatic N) is 2. The summed E-state index contributed by atoms with van der Waals surface area (Å²) in [4.78, 5) is 56.1. The fraction of sp³-hybridized carbons (Fsp3) is 0.789. The van der Waals surface area contributed by atoms with Crippen LogP contribution in [-0.4, -0.2) is 178 Å². The SMILES string of the molecule is CCCC(CNCCNc1cc2c(=O)c(C(=O)O)cn(C3CC3)c2cc1Cl)COC1(C)CC(C)NC(=O)C(C)C(O)C(C)(O)C(CC)OC(=O)C(C)C(OC2CC(C)C(O)C(C)O2)C(C)C1OC1OC(C)CC(N(C)C)C1O. The number of aromatic nitrogens is 1. The van der Waals surface area contributed by atoms with E-state index >= 15 is 0 Å². The van der Waals surface area contributed by atoms with E-state index in [-0.39, 0.29) is 60.4 Å². The van der Waals surface area contributed by atoms with Gasteiger partial charge in [-0.05, 0) is 118 Å². The van der Waals surface area contributed by atoms with Gasteiger partial charge in [0.15, 0.2) is 12.6 Å². The summed E-state index contributed by atoms with van der Waals surface area (Å²) in [5, 5.41) is 67.0. The molecule has 4 heterocycles. The number of anilines is 1. The van der Waals surface area contributed by atoms with Gasteiger partial charge in [-0.1, -0.05) is 52.6 Å². The lowest BCUT2D eigenvalue weighted by molar-refractivity contribution is -0.313. The predicted octanol–water partition coefficient (Wildman–Crippen LogP) is 5.46. The van der Waals surface area contributed by atoms with Crippen LogP contribution in [0.3, 0.4) is 0 Å². The lowest BCUT2D eigenvalue weighted by atomic mass is 9.78. The molecule has 1 amide bonds. The van der Waals surface area contributed by atoms with E-state index in [9.17, 15) is 44.7 Å². The van der Waals surface area contributed by atoms with Crippen LogP contribution in [0.25, 0.3) is 10.9 Å². The smallest absolute Gasteiger partial charge is 0.341 e.